The van der Waals surface area contributed by atoms with Crippen LogP contribution in [0.2, 0.25) is 0 Å². The van der Waals surface area contributed by atoms with E-state index in [1.165, 1.54) is 25.7 Å². The third-order valence-electron chi connectivity index (χ3n) is 2.12. The predicted molar refractivity (Wildman–Crippen MR) is 52.0 cm³/mol. The Kier molecular flexibility index (Phi) is 7.23. The van der Waals surface area contributed by atoms with Crippen LogP contribution in [-0.4, -0.2) is 21.3 Å². The fraction of sp³-hybridized carbons (Fsp3) is 1.00. The van der Waals surface area contributed by atoms with Gasteiger partial charge in [-0.3, -0.25) is 0 Å². The van der Waals surface area contributed by atoms with Gasteiger partial charge >= 0.3 is 0 Å². The minimum Gasteiger partial charge on any atom is -0.344 e. The van der Waals surface area contributed by atoms with Gasteiger partial charge in [0, 0.05) is 6.42 Å². The van der Waals surface area contributed by atoms with Gasteiger partial charge in [-0.2, -0.15) is 0 Å². The molecule has 0 bridgehead atoms. The molecular formula is C10H22O3. The fourth-order valence-corrected chi connectivity index (χ4v) is 1.32. The van der Waals surface area contributed by atoms with Crippen molar-refractivity contribution in [2.24, 2.45) is 0 Å². The molecule has 0 heterocycles. The molecule has 0 aliphatic rings. The highest BCUT2D eigenvalue weighted by atomic mass is 16.7. The predicted octanol–water partition coefficient (Wildman–Crippen LogP) is 1.76. The van der Waals surface area contributed by atoms with E-state index in [1.807, 2.05) is 0 Å². The van der Waals surface area contributed by atoms with Crippen molar-refractivity contribution in [2.75, 3.05) is 0 Å². The second-order valence-corrected chi connectivity index (χ2v) is 3.65. The molecule has 3 nitrogen and oxygen atoms in total. The maximum atomic E-state index is 8.57. The van der Waals surface area contributed by atoms with Crippen LogP contribution in [0.5, 0.6) is 0 Å². The highest BCUT2D eigenvalue weighted by Gasteiger charge is 2.16. The van der Waals surface area contributed by atoms with Crippen molar-refractivity contribution >= 4 is 0 Å². The molecule has 3 N–H and O–H groups in total. The van der Waals surface area contributed by atoms with Gasteiger partial charge in [-0.1, -0.05) is 45.4 Å². The van der Waals surface area contributed by atoms with Crippen LogP contribution in [0.3, 0.4) is 0 Å². The average Bonchev–Trinajstić information content (AvgIpc) is 2.01. The Hall–Kier alpha value is -0.120. The molecule has 0 radical (unpaired) electrons. The van der Waals surface area contributed by atoms with Crippen molar-refractivity contribution in [3.63, 3.8) is 0 Å². The van der Waals surface area contributed by atoms with Crippen LogP contribution in [0, 0.1) is 0 Å². The molecule has 3 heteroatoms. The SMILES string of the molecule is CCCCCCCCCC(O)(O)O. The van der Waals surface area contributed by atoms with Crippen LogP contribution >= 0.6 is 0 Å². The van der Waals surface area contributed by atoms with Gasteiger partial charge in [-0.05, 0) is 6.42 Å². The maximum Gasteiger partial charge on any atom is 0.275 e. The first-order valence-electron chi connectivity index (χ1n) is 5.23. The molecule has 0 aliphatic carbocycles. The second kappa shape index (κ2) is 7.30. The van der Waals surface area contributed by atoms with E-state index in [1.54, 1.807) is 0 Å². The van der Waals surface area contributed by atoms with Gasteiger partial charge in [-0.15, -0.1) is 0 Å². The Labute approximate surface area is 80.4 Å². The smallest absolute Gasteiger partial charge is 0.275 e. The van der Waals surface area contributed by atoms with E-state index in [2.05, 4.69) is 6.92 Å². The largest absolute Gasteiger partial charge is 0.344 e. The Balaban J connectivity index is 3.00. The van der Waals surface area contributed by atoms with Crippen molar-refractivity contribution in [1.82, 2.24) is 0 Å². The summed E-state index contributed by atoms with van der Waals surface area (Å²) in [5.74, 6) is -2.45. The Bertz CT molecular complexity index is 107. The first kappa shape index (κ1) is 12.9. The van der Waals surface area contributed by atoms with E-state index < -0.39 is 5.97 Å². The summed E-state index contributed by atoms with van der Waals surface area (Å²) in [7, 11) is 0. The molecule has 0 aromatic carbocycles. The van der Waals surface area contributed by atoms with Crippen LogP contribution < -0.4 is 0 Å². The molecule has 0 spiro atoms. The molecule has 13 heavy (non-hydrogen) atoms. The summed E-state index contributed by atoms with van der Waals surface area (Å²) >= 11 is 0. The molecule has 80 valence electrons. The monoisotopic (exact) mass is 190 g/mol. The lowest BCUT2D eigenvalue weighted by molar-refractivity contribution is -0.315. The van der Waals surface area contributed by atoms with Crippen LogP contribution in [0.25, 0.3) is 0 Å². The first-order chi connectivity index (χ1) is 6.06. The molecule has 0 fully saturated rings. The lowest BCUT2D eigenvalue weighted by Gasteiger charge is -2.12. The van der Waals surface area contributed by atoms with Crippen LogP contribution in [-0.2, 0) is 0 Å². The van der Waals surface area contributed by atoms with E-state index >= 15 is 0 Å². The summed E-state index contributed by atoms with van der Waals surface area (Å²) < 4.78 is 0. The normalized spacial score (nSPS) is 12.0. The quantitative estimate of drug-likeness (QED) is 0.404. The van der Waals surface area contributed by atoms with E-state index in [-0.39, 0.29) is 6.42 Å². The van der Waals surface area contributed by atoms with Crippen LogP contribution in [0.15, 0.2) is 0 Å². The summed E-state index contributed by atoms with van der Waals surface area (Å²) in [6.07, 6.45) is 7.82. The Morgan fingerprint density at radius 2 is 1.23 bits per heavy atom. The van der Waals surface area contributed by atoms with Crippen molar-refractivity contribution in [2.45, 2.75) is 64.3 Å². The van der Waals surface area contributed by atoms with E-state index in [9.17, 15) is 0 Å². The Morgan fingerprint density at radius 3 is 1.69 bits per heavy atom. The van der Waals surface area contributed by atoms with Crippen LogP contribution in [0.4, 0.5) is 0 Å². The lowest BCUT2D eigenvalue weighted by atomic mass is 10.1. The van der Waals surface area contributed by atoms with Gasteiger partial charge in [-0.25, -0.2) is 0 Å². The summed E-state index contributed by atoms with van der Waals surface area (Å²) in [5, 5.41) is 25.7. The second-order valence-electron chi connectivity index (χ2n) is 3.65. The average molecular weight is 190 g/mol. The van der Waals surface area contributed by atoms with Crippen molar-refractivity contribution in [3.05, 3.63) is 0 Å². The third kappa shape index (κ3) is 11.9. The topological polar surface area (TPSA) is 60.7 Å². The number of rotatable bonds is 8. The van der Waals surface area contributed by atoms with Gasteiger partial charge < -0.3 is 15.3 Å². The molecule has 0 aromatic rings. The van der Waals surface area contributed by atoms with E-state index in [0.717, 1.165) is 12.8 Å². The molecular weight excluding hydrogens is 168 g/mol. The van der Waals surface area contributed by atoms with Gasteiger partial charge in [0.1, 0.15) is 0 Å². The van der Waals surface area contributed by atoms with E-state index in [0.29, 0.717) is 6.42 Å². The third-order valence-corrected chi connectivity index (χ3v) is 2.12. The molecule has 0 aromatic heterocycles. The van der Waals surface area contributed by atoms with Crippen LogP contribution in [0.1, 0.15) is 58.3 Å². The van der Waals surface area contributed by atoms with Gasteiger partial charge in [0.05, 0.1) is 0 Å². The minimum atomic E-state index is -2.45. The first-order valence-corrected chi connectivity index (χ1v) is 5.23. The number of aliphatic hydroxyl groups is 3. The zero-order valence-corrected chi connectivity index (χ0v) is 8.50. The van der Waals surface area contributed by atoms with Gasteiger partial charge in [0.15, 0.2) is 0 Å². The summed E-state index contributed by atoms with van der Waals surface area (Å²) in [6.45, 7) is 2.18. The number of hydrogen-bond donors (Lipinski definition) is 3. The molecule has 0 saturated carbocycles. The molecule has 0 saturated heterocycles. The van der Waals surface area contributed by atoms with Crippen molar-refractivity contribution in [3.8, 4) is 0 Å². The zero-order chi connectivity index (χ0) is 10.2. The lowest BCUT2D eigenvalue weighted by Crippen LogP contribution is -2.26. The Morgan fingerprint density at radius 1 is 0.769 bits per heavy atom. The number of unbranched alkanes of at least 4 members (excludes halogenated alkanes) is 6. The highest BCUT2D eigenvalue weighted by molar-refractivity contribution is 4.50. The van der Waals surface area contributed by atoms with Crippen molar-refractivity contribution in [1.29, 1.82) is 0 Å². The number of hydrogen-bond acceptors (Lipinski definition) is 3. The molecule has 0 rings (SSSR count). The van der Waals surface area contributed by atoms with E-state index in [4.69, 9.17) is 15.3 Å². The summed E-state index contributed by atoms with van der Waals surface area (Å²) in [6, 6.07) is 0. The standard InChI is InChI=1S/C10H22O3/c1-2-3-4-5-6-7-8-9-10(11,12)13/h11-13H,2-9H2,1H3. The minimum absolute atomic E-state index is 0.0563. The fourth-order valence-electron chi connectivity index (χ4n) is 1.32. The highest BCUT2D eigenvalue weighted by Crippen LogP contribution is 2.11. The van der Waals surface area contributed by atoms with Crippen molar-refractivity contribution < 1.29 is 15.3 Å². The molecule has 0 amide bonds. The van der Waals surface area contributed by atoms with Gasteiger partial charge in [0.25, 0.3) is 5.97 Å². The molecule has 0 unspecified atom stereocenters. The maximum absolute atomic E-state index is 8.57. The molecule has 0 aliphatic heterocycles. The van der Waals surface area contributed by atoms with Gasteiger partial charge in [0.2, 0.25) is 0 Å². The summed E-state index contributed by atoms with van der Waals surface area (Å²) in [4.78, 5) is 0. The molecule has 0 atom stereocenters. The zero-order valence-electron chi connectivity index (χ0n) is 8.50. The summed E-state index contributed by atoms with van der Waals surface area (Å²) in [5.41, 5.74) is 0.